The van der Waals surface area contributed by atoms with E-state index in [1.807, 2.05) is 30.3 Å². The second kappa shape index (κ2) is 9.38. The number of rotatable bonds is 8. The van der Waals surface area contributed by atoms with Gasteiger partial charge in [-0.05, 0) is 43.6 Å². The lowest BCUT2D eigenvalue weighted by Gasteiger charge is -2.26. The van der Waals surface area contributed by atoms with E-state index in [9.17, 15) is 4.79 Å². The Morgan fingerprint density at radius 2 is 1.60 bits per heavy atom. The zero-order valence-corrected chi connectivity index (χ0v) is 15.8. The Labute approximate surface area is 152 Å². The normalized spacial score (nSPS) is 13.5. The average Bonchev–Trinajstić information content (AvgIpc) is 2.63. The highest BCUT2D eigenvalue weighted by Crippen LogP contribution is 2.21. The fraction of sp³-hybridized carbons (Fsp3) is 0.409. The first-order valence-electron chi connectivity index (χ1n) is 9.14. The molecule has 0 aromatic heterocycles. The fourth-order valence-corrected chi connectivity index (χ4v) is 3.15. The molecule has 0 aliphatic rings. The molecule has 0 aliphatic heterocycles. The number of carbonyl (C=O) groups excluding carboxylic acids is 1. The minimum atomic E-state index is -0.0912. The molecule has 0 unspecified atom stereocenters. The van der Waals surface area contributed by atoms with Crippen molar-refractivity contribution in [2.24, 2.45) is 0 Å². The van der Waals surface area contributed by atoms with Crippen LogP contribution in [0, 0.1) is 0 Å². The highest BCUT2D eigenvalue weighted by atomic mass is 16.1. The molecule has 25 heavy (non-hydrogen) atoms. The highest BCUT2D eigenvalue weighted by Gasteiger charge is 2.21. The van der Waals surface area contributed by atoms with Gasteiger partial charge in [0.1, 0.15) is 0 Å². The van der Waals surface area contributed by atoms with Crippen molar-refractivity contribution in [3.05, 3.63) is 71.3 Å². The van der Waals surface area contributed by atoms with Crippen LogP contribution in [0.15, 0.2) is 54.6 Å². The van der Waals surface area contributed by atoms with Crippen LogP contribution < -0.4 is 5.32 Å². The van der Waals surface area contributed by atoms with Gasteiger partial charge in [0.05, 0.1) is 12.0 Å². The third-order valence-electron chi connectivity index (χ3n) is 4.79. The van der Waals surface area contributed by atoms with E-state index in [0.29, 0.717) is 6.54 Å². The summed E-state index contributed by atoms with van der Waals surface area (Å²) >= 11 is 0. The van der Waals surface area contributed by atoms with E-state index in [4.69, 9.17) is 0 Å². The predicted octanol–water partition coefficient (Wildman–Crippen LogP) is 4.16. The number of hydrogen-bond acceptors (Lipinski definition) is 2. The van der Waals surface area contributed by atoms with Crippen molar-refractivity contribution in [2.45, 2.75) is 38.6 Å². The number of nitrogens with zero attached hydrogens (tertiary/aromatic N) is 1. The van der Waals surface area contributed by atoms with E-state index in [1.54, 1.807) is 0 Å². The third-order valence-corrected chi connectivity index (χ3v) is 4.79. The zero-order chi connectivity index (χ0) is 18.2. The van der Waals surface area contributed by atoms with Gasteiger partial charge in [-0.1, -0.05) is 68.4 Å². The summed E-state index contributed by atoms with van der Waals surface area (Å²) in [5, 5.41) is 3.16. The maximum absolute atomic E-state index is 12.7. The summed E-state index contributed by atoms with van der Waals surface area (Å²) in [7, 11) is 4.11. The van der Waals surface area contributed by atoms with Crippen LogP contribution in [0.3, 0.4) is 0 Å². The van der Waals surface area contributed by atoms with Crippen LogP contribution in [0.2, 0.25) is 0 Å². The van der Waals surface area contributed by atoms with Gasteiger partial charge in [0, 0.05) is 6.54 Å². The maximum atomic E-state index is 12.7. The molecule has 2 aromatic carbocycles. The van der Waals surface area contributed by atoms with Gasteiger partial charge in [-0.15, -0.1) is 0 Å². The molecule has 0 radical (unpaired) electrons. The number of hydrogen-bond donors (Lipinski definition) is 1. The molecule has 0 spiro atoms. The monoisotopic (exact) mass is 338 g/mol. The van der Waals surface area contributed by atoms with Crippen LogP contribution in [-0.2, 0) is 11.2 Å². The number of likely N-dealkylation sites (N-methyl/N-ethyl adjacent to an activating group) is 1. The Morgan fingerprint density at radius 3 is 2.12 bits per heavy atom. The minimum absolute atomic E-state index is 0.0912. The number of benzene rings is 2. The van der Waals surface area contributed by atoms with Gasteiger partial charge < -0.3 is 10.2 Å². The quantitative estimate of drug-likeness (QED) is 0.784. The van der Waals surface area contributed by atoms with E-state index < -0.39 is 0 Å². The molecule has 0 saturated heterocycles. The van der Waals surface area contributed by atoms with Gasteiger partial charge >= 0.3 is 0 Å². The molecule has 0 bridgehead atoms. The SMILES string of the molecule is CCc1ccc([C@H](CNC(=O)[C@@H](CC)c2ccccc2)N(C)C)cc1. The summed E-state index contributed by atoms with van der Waals surface area (Å²) in [5.41, 5.74) is 3.65. The molecule has 3 heteroatoms. The van der Waals surface area contributed by atoms with E-state index >= 15 is 0 Å². The van der Waals surface area contributed by atoms with E-state index in [1.165, 1.54) is 11.1 Å². The molecule has 1 N–H and O–H groups in total. The molecule has 2 aromatic rings. The minimum Gasteiger partial charge on any atom is -0.354 e. The van der Waals surface area contributed by atoms with Crippen LogP contribution >= 0.6 is 0 Å². The third kappa shape index (κ3) is 5.17. The van der Waals surface area contributed by atoms with Gasteiger partial charge in [-0.25, -0.2) is 0 Å². The van der Waals surface area contributed by atoms with Crippen molar-refractivity contribution >= 4 is 5.91 Å². The Kier molecular flexibility index (Phi) is 7.20. The first kappa shape index (κ1) is 19.2. The second-order valence-corrected chi connectivity index (χ2v) is 6.69. The molecule has 1 amide bonds. The van der Waals surface area contributed by atoms with Crippen molar-refractivity contribution in [3.8, 4) is 0 Å². The van der Waals surface area contributed by atoms with E-state index in [2.05, 4.69) is 62.4 Å². The predicted molar refractivity (Wildman–Crippen MR) is 105 cm³/mol. The standard InChI is InChI=1S/C22H30N2O/c1-5-17-12-14-19(15-13-17)21(24(3)4)16-23-22(25)20(6-2)18-10-8-7-9-11-18/h7-15,20-21H,5-6,16H2,1-4H3,(H,23,25)/t20-,21-/m0/s1. The largest absolute Gasteiger partial charge is 0.354 e. The van der Waals surface area contributed by atoms with Crippen LogP contribution in [-0.4, -0.2) is 31.4 Å². The topological polar surface area (TPSA) is 32.3 Å². The summed E-state index contributed by atoms with van der Waals surface area (Å²) in [6, 6.07) is 18.9. The average molecular weight is 338 g/mol. The summed E-state index contributed by atoms with van der Waals surface area (Å²) in [4.78, 5) is 14.9. The first-order valence-corrected chi connectivity index (χ1v) is 9.14. The van der Waals surface area contributed by atoms with Gasteiger partial charge in [0.25, 0.3) is 0 Å². The van der Waals surface area contributed by atoms with Gasteiger partial charge in [0.2, 0.25) is 5.91 Å². The van der Waals surface area contributed by atoms with E-state index in [-0.39, 0.29) is 17.9 Å². The molecular weight excluding hydrogens is 308 g/mol. The molecule has 0 heterocycles. The van der Waals surface area contributed by atoms with Crippen LogP contribution in [0.1, 0.15) is 48.9 Å². The molecule has 0 aliphatic carbocycles. The lowest BCUT2D eigenvalue weighted by atomic mass is 9.95. The summed E-state index contributed by atoms with van der Waals surface area (Å²) in [6.45, 7) is 4.83. The van der Waals surface area contributed by atoms with Crippen LogP contribution in [0.5, 0.6) is 0 Å². The van der Waals surface area contributed by atoms with Crippen molar-refractivity contribution < 1.29 is 4.79 Å². The summed E-state index contributed by atoms with van der Waals surface area (Å²) < 4.78 is 0. The highest BCUT2D eigenvalue weighted by molar-refractivity contribution is 5.83. The second-order valence-electron chi connectivity index (χ2n) is 6.69. The zero-order valence-electron chi connectivity index (χ0n) is 15.8. The Hall–Kier alpha value is -2.13. The Morgan fingerprint density at radius 1 is 0.960 bits per heavy atom. The summed E-state index contributed by atoms with van der Waals surface area (Å²) in [5.74, 6) is 0.0113. The smallest absolute Gasteiger partial charge is 0.227 e. The lowest BCUT2D eigenvalue weighted by molar-refractivity contribution is -0.122. The lowest BCUT2D eigenvalue weighted by Crippen LogP contribution is -2.37. The molecule has 0 fully saturated rings. The van der Waals surface area contributed by atoms with Gasteiger partial charge in [-0.3, -0.25) is 4.79 Å². The van der Waals surface area contributed by atoms with Crippen molar-refractivity contribution in [1.29, 1.82) is 0 Å². The molecule has 134 valence electrons. The number of carbonyl (C=O) groups is 1. The van der Waals surface area contributed by atoms with Gasteiger partial charge in [-0.2, -0.15) is 0 Å². The maximum Gasteiger partial charge on any atom is 0.227 e. The number of nitrogens with one attached hydrogen (secondary N) is 1. The molecular formula is C22H30N2O. The molecule has 2 atom stereocenters. The summed E-state index contributed by atoms with van der Waals surface area (Å²) in [6.07, 6.45) is 1.84. The van der Waals surface area contributed by atoms with Crippen LogP contribution in [0.4, 0.5) is 0 Å². The molecule has 0 saturated carbocycles. The van der Waals surface area contributed by atoms with Crippen molar-refractivity contribution in [1.82, 2.24) is 10.2 Å². The Bertz CT molecular complexity index is 649. The first-order chi connectivity index (χ1) is 12.1. The Balaban J connectivity index is 2.05. The molecule has 2 rings (SSSR count). The number of aryl methyl sites for hydroxylation is 1. The van der Waals surface area contributed by atoms with Gasteiger partial charge in [0.15, 0.2) is 0 Å². The van der Waals surface area contributed by atoms with Crippen molar-refractivity contribution in [3.63, 3.8) is 0 Å². The van der Waals surface area contributed by atoms with Crippen molar-refractivity contribution in [2.75, 3.05) is 20.6 Å². The fourth-order valence-electron chi connectivity index (χ4n) is 3.15. The van der Waals surface area contributed by atoms with E-state index in [0.717, 1.165) is 18.4 Å². The molecule has 3 nitrogen and oxygen atoms in total. The van der Waals surface area contributed by atoms with Crippen LogP contribution in [0.25, 0.3) is 0 Å². The number of amides is 1.